The van der Waals surface area contributed by atoms with Gasteiger partial charge < -0.3 is 10.2 Å². The molecule has 0 fully saturated rings. The van der Waals surface area contributed by atoms with Gasteiger partial charge in [0.1, 0.15) is 0 Å². The molecule has 0 unspecified atom stereocenters. The average Bonchev–Trinajstić information content (AvgIpc) is 2.81. The minimum absolute atomic E-state index is 0.117. The van der Waals surface area contributed by atoms with Gasteiger partial charge in [0.25, 0.3) is 5.91 Å². The maximum Gasteiger partial charge on any atom is 0.251 e. The van der Waals surface area contributed by atoms with Gasteiger partial charge in [-0.1, -0.05) is 44.2 Å². The SMILES string of the molecule is CCCN(C(=O)CC)c1ccc(-c2ccc(C(=O)NCc3cccnc3)cc2)cc1. The minimum atomic E-state index is -0.117. The lowest BCUT2D eigenvalue weighted by atomic mass is 10.0. The topological polar surface area (TPSA) is 62.3 Å². The third-order valence-corrected chi connectivity index (χ3v) is 4.89. The summed E-state index contributed by atoms with van der Waals surface area (Å²) in [7, 11) is 0. The van der Waals surface area contributed by atoms with E-state index in [0.29, 0.717) is 18.5 Å². The fourth-order valence-electron chi connectivity index (χ4n) is 3.25. The van der Waals surface area contributed by atoms with Crippen LogP contribution in [0.4, 0.5) is 5.69 Å². The first-order valence-electron chi connectivity index (χ1n) is 10.3. The number of carbonyl (C=O) groups is 2. The number of hydrogen-bond donors (Lipinski definition) is 1. The summed E-state index contributed by atoms with van der Waals surface area (Å²) in [5, 5.41) is 2.91. The Kier molecular flexibility index (Phi) is 7.33. The first kappa shape index (κ1) is 21.2. The van der Waals surface area contributed by atoms with Gasteiger partial charge in [-0.15, -0.1) is 0 Å². The summed E-state index contributed by atoms with van der Waals surface area (Å²) in [4.78, 5) is 30.4. The Bertz CT molecular complexity index is 968. The number of benzene rings is 2. The Balaban J connectivity index is 1.66. The molecule has 3 aromatic rings. The number of pyridine rings is 1. The van der Waals surface area contributed by atoms with Crippen molar-refractivity contribution in [2.45, 2.75) is 33.2 Å². The van der Waals surface area contributed by atoms with E-state index in [1.807, 2.05) is 72.5 Å². The van der Waals surface area contributed by atoms with Crippen LogP contribution in [-0.4, -0.2) is 23.3 Å². The molecule has 30 heavy (non-hydrogen) atoms. The zero-order valence-corrected chi connectivity index (χ0v) is 17.5. The predicted octanol–water partition coefficient (Wildman–Crippen LogP) is 4.83. The number of nitrogens with one attached hydrogen (secondary N) is 1. The number of hydrogen-bond acceptors (Lipinski definition) is 3. The molecule has 0 radical (unpaired) electrons. The maximum atomic E-state index is 12.4. The smallest absolute Gasteiger partial charge is 0.251 e. The monoisotopic (exact) mass is 401 g/mol. The van der Waals surface area contributed by atoms with Crippen molar-refractivity contribution in [3.8, 4) is 11.1 Å². The van der Waals surface area contributed by atoms with Crippen molar-refractivity contribution in [1.82, 2.24) is 10.3 Å². The number of anilines is 1. The quantitative estimate of drug-likeness (QED) is 0.588. The Hall–Kier alpha value is -3.47. The van der Waals surface area contributed by atoms with Crippen LogP contribution < -0.4 is 10.2 Å². The van der Waals surface area contributed by atoms with E-state index in [9.17, 15) is 9.59 Å². The molecule has 0 saturated carbocycles. The van der Waals surface area contributed by atoms with Gasteiger partial charge in [0, 0.05) is 43.2 Å². The van der Waals surface area contributed by atoms with Crippen molar-refractivity contribution >= 4 is 17.5 Å². The van der Waals surface area contributed by atoms with E-state index >= 15 is 0 Å². The second-order valence-electron chi connectivity index (χ2n) is 7.07. The van der Waals surface area contributed by atoms with Gasteiger partial charge in [-0.25, -0.2) is 0 Å². The van der Waals surface area contributed by atoms with E-state index in [2.05, 4.69) is 17.2 Å². The molecule has 2 amide bonds. The lowest BCUT2D eigenvalue weighted by molar-refractivity contribution is -0.118. The maximum absolute atomic E-state index is 12.4. The summed E-state index contributed by atoms with van der Waals surface area (Å²) in [5.74, 6) is 0.0142. The first-order valence-corrected chi connectivity index (χ1v) is 10.3. The number of amides is 2. The fraction of sp³-hybridized carbons (Fsp3) is 0.240. The van der Waals surface area contributed by atoms with Crippen molar-refractivity contribution in [2.24, 2.45) is 0 Å². The third kappa shape index (κ3) is 5.32. The lowest BCUT2D eigenvalue weighted by Crippen LogP contribution is -2.30. The van der Waals surface area contributed by atoms with Crippen LogP contribution in [0.2, 0.25) is 0 Å². The van der Waals surface area contributed by atoms with Crippen molar-refractivity contribution in [1.29, 1.82) is 0 Å². The van der Waals surface area contributed by atoms with Crippen LogP contribution in [0.5, 0.6) is 0 Å². The molecule has 1 N–H and O–H groups in total. The van der Waals surface area contributed by atoms with Crippen LogP contribution in [0.3, 0.4) is 0 Å². The van der Waals surface area contributed by atoms with Crippen molar-refractivity contribution in [3.63, 3.8) is 0 Å². The number of nitrogens with zero attached hydrogens (tertiary/aromatic N) is 2. The average molecular weight is 402 g/mol. The second kappa shape index (κ2) is 10.3. The van der Waals surface area contributed by atoms with Gasteiger partial charge in [0.2, 0.25) is 5.91 Å². The van der Waals surface area contributed by atoms with Gasteiger partial charge >= 0.3 is 0 Å². The fourth-order valence-corrected chi connectivity index (χ4v) is 3.25. The van der Waals surface area contributed by atoms with E-state index in [-0.39, 0.29) is 11.8 Å². The molecule has 5 heteroatoms. The number of rotatable bonds is 8. The predicted molar refractivity (Wildman–Crippen MR) is 120 cm³/mol. The highest BCUT2D eigenvalue weighted by molar-refractivity contribution is 5.95. The molecule has 1 heterocycles. The van der Waals surface area contributed by atoms with Crippen molar-refractivity contribution in [2.75, 3.05) is 11.4 Å². The van der Waals surface area contributed by atoms with Crippen LogP contribution >= 0.6 is 0 Å². The standard InChI is InChI=1S/C25H27N3O2/c1-3-16-28(24(29)4-2)23-13-11-21(12-14-23)20-7-9-22(10-8-20)25(30)27-18-19-6-5-15-26-17-19/h5-15,17H,3-4,16,18H2,1-2H3,(H,27,30). The van der Waals surface area contributed by atoms with E-state index < -0.39 is 0 Å². The Morgan fingerprint density at radius 1 is 0.933 bits per heavy atom. The zero-order chi connectivity index (χ0) is 21.3. The van der Waals surface area contributed by atoms with Gasteiger partial charge in [0.05, 0.1) is 0 Å². The Morgan fingerprint density at radius 3 is 2.17 bits per heavy atom. The van der Waals surface area contributed by atoms with Gasteiger partial charge in [-0.3, -0.25) is 14.6 Å². The molecular weight excluding hydrogens is 374 g/mol. The first-order chi connectivity index (χ1) is 14.6. The Morgan fingerprint density at radius 2 is 1.60 bits per heavy atom. The van der Waals surface area contributed by atoms with Crippen LogP contribution in [0, 0.1) is 0 Å². The molecule has 0 aliphatic heterocycles. The van der Waals surface area contributed by atoms with E-state index in [4.69, 9.17) is 0 Å². The highest BCUT2D eigenvalue weighted by Gasteiger charge is 2.13. The number of aromatic nitrogens is 1. The van der Waals surface area contributed by atoms with Crippen LogP contribution in [0.25, 0.3) is 11.1 Å². The molecular formula is C25H27N3O2. The summed E-state index contributed by atoms with van der Waals surface area (Å²) < 4.78 is 0. The minimum Gasteiger partial charge on any atom is -0.348 e. The second-order valence-corrected chi connectivity index (χ2v) is 7.07. The summed E-state index contributed by atoms with van der Waals surface area (Å²) in [6, 6.07) is 19.3. The summed E-state index contributed by atoms with van der Waals surface area (Å²) in [6.07, 6.45) is 4.85. The zero-order valence-electron chi connectivity index (χ0n) is 17.5. The molecule has 0 spiro atoms. The van der Waals surface area contributed by atoms with E-state index in [1.165, 1.54) is 0 Å². The summed E-state index contributed by atoms with van der Waals surface area (Å²) in [6.45, 7) is 5.11. The normalized spacial score (nSPS) is 10.5. The van der Waals surface area contributed by atoms with E-state index in [1.54, 1.807) is 12.4 Å². The van der Waals surface area contributed by atoms with Gasteiger partial charge in [0.15, 0.2) is 0 Å². The highest BCUT2D eigenvalue weighted by atomic mass is 16.2. The number of carbonyl (C=O) groups excluding carboxylic acids is 2. The molecule has 0 aliphatic rings. The van der Waals surface area contributed by atoms with Crippen molar-refractivity contribution in [3.05, 3.63) is 84.2 Å². The molecule has 1 aromatic heterocycles. The Labute approximate surface area is 177 Å². The highest BCUT2D eigenvalue weighted by Crippen LogP contribution is 2.24. The molecule has 0 bridgehead atoms. The van der Waals surface area contributed by atoms with Crippen LogP contribution in [0.1, 0.15) is 42.6 Å². The van der Waals surface area contributed by atoms with E-state index in [0.717, 1.165) is 35.3 Å². The third-order valence-electron chi connectivity index (χ3n) is 4.89. The summed E-state index contributed by atoms with van der Waals surface area (Å²) in [5.41, 5.74) is 4.55. The summed E-state index contributed by atoms with van der Waals surface area (Å²) >= 11 is 0. The molecule has 5 nitrogen and oxygen atoms in total. The lowest BCUT2D eigenvalue weighted by Gasteiger charge is -2.22. The van der Waals surface area contributed by atoms with Gasteiger partial charge in [-0.05, 0) is 53.4 Å². The van der Waals surface area contributed by atoms with Crippen LogP contribution in [0.15, 0.2) is 73.1 Å². The van der Waals surface area contributed by atoms with Crippen molar-refractivity contribution < 1.29 is 9.59 Å². The van der Waals surface area contributed by atoms with Gasteiger partial charge in [-0.2, -0.15) is 0 Å². The largest absolute Gasteiger partial charge is 0.348 e. The molecule has 154 valence electrons. The molecule has 3 rings (SSSR count). The van der Waals surface area contributed by atoms with Crippen LogP contribution in [-0.2, 0) is 11.3 Å². The molecule has 0 saturated heterocycles. The molecule has 2 aromatic carbocycles. The molecule has 0 atom stereocenters. The molecule has 0 aliphatic carbocycles.